The number of nitrogens with zero attached hydrogens (tertiary/aromatic N) is 1. The molecule has 13 heavy (non-hydrogen) atoms. The van der Waals surface area contributed by atoms with E-state index in [-0.39, 0.29) is 17.1 Å². The summed E-state index contributed by atoms with van der Waals surface area (Å²) >= 11 is 3.14. The van der Waals surface area contributed by atoms with E-state index in [9.17, 15) is 9.90 Å². The highest BCUT2D eigenvalue weighted by molar-refractivity contribution is 9.10. The van der Waals surface area contributed by atoms with Gasteiger partial charge in [0.05, 0.1) is 5.56 Å². The lowest BCUT2D eigenvalue weighted by Crippen LogP contribution is -1.94. The molecule has 4 heteroatoms. The van der Waals surface area contributed by atoms with Gasteiger partial charge in [-0.15, -0.1) is 0 Å². The fraction of sp³-hybridized carbons (Fsp3) is 0.111. The first-order valence-electron chi connectivity index (χ1n) is 3.50. The molecule has 0 heterocycles. The van der Waals surface area contributed by atoms with E-state index in [1.165, 1.54) is 19.1 Å². The number of aromatic hydroxyl groups is 1. The lowest BCUT2D eigenvalue weighted by Gasteiger charge is -2.02. The number of benzene rings is 1. The average molecular weight is 240 g/mol. The molecule has 1 aromatic rings. The van der Waals surface area contributed by atoms with Gasteiger partial charge in [0.1, 0.15) is 11.8 Å². The van der Waals surface area contributed by atoms with Gasteiger partial charge in [-0.2, -0.15) is 5.26 Å². The summed E-state index contributed by atoms with van der Waals surface area (Å²) in [6.07, 6.45) is 0. The maximum Gasteiger partial charge on any atom is 0.161 e. The molecule has 0 atom stereocenters. The number of hydrogen-bond donors (Lipinski definition) is 1. The van der Waals surface area contributed by atoms with Crippen LogP contribution in [0.4, 0.5) is 0 Å². The molecule has 0 unspecified atom stereocenters. The molecule has 0 amide bonds. The number of carbonyl (C=O) groups excluding carboxylic acids is 1. The molecule has 0 radical (unpaired) electrons. The van der Waals surface area contributed by atoms with E-state index in [0.29, 0.717) is 10.0 Å². The molecule has 3 nitrogen and oxygen atoms in total. The average Bonchev–Trinajstić information content (AvgIpc) is 2.07. The van der Waals surface area contributed by atoms with E-state index in [1.54, 1.807) is 0 Å². The Morgan fingerprint density at radius 3 is 2.69 bits per heavy atom. The van der Waals surface area contributed by atoms with Crippen LogP contribution in [0.15, 0.2) is 16.6 Å². The molecule has 1 rings (SSSR count). The van der Waals surface area contributed by atoms with Crippen molar-refractivity contribution in [1.82, 2.24) is 0 Å². The SMILES string of the molecule is CC(=O)c1cc(O)c(C#N)cc1Br. The van der Waals surface area contributed by atoms with Gasteiger partial charge in [0.25, 0.3) is 0 Å². The number of ketones is 1. The predicted molar refractivity (Wildman–Crippen MR) is 50.5 cm³/mol. The van der Waals surface area contributed by atoms with Crippen molar-refractivity contribution in [1.29, 1.82) is 5.26 Å². The quantitative estimate of drug-likeness (QED) is 0.765. The second-order valence-electron chi connectivity index (χ2n) is 2.52. The highest BCUT2D eigenvalue weighted by Gasteiger charge is 2.09. The summed E-state index contributed by atoms with van der Waals surface area (Å²) in [4.78, 5) is 11.0. The van der Waals surface area contributed by atoms with Crippen molar-refractivity contribution in [2.24, 2.45) is 0 Å². The van der Waals surface area contributed by atoms with Crippen LogP contribution in [0.1, 0.15) is 22.8 Å². The third-order valence-electron chi connectivity index (χ3n) is 1.59. The first-order valence-corrected chi connectivity index (χ1v) is 4.29. The van der Waals surface area contributed by atoms with Gasteiger partial charge in [-0.3, -0.25) is 4.79 Å². The Kier molecular flexibility index (Phi) is 2.69. The summed E-state index contributed by atoms with van der Waals surface area (Å²) in [6.45, 7) is 1.39. The Hall–Kier alpha value is -1.34. The highest BCUT2D eigenvalue weighted by Crippen LogP contribution is 2.26. The van der Waals surface area contributed by atoms with Gasteiger partial charge in [-0.05, 0) is 35.0 Å². The van der Waals surface area contributed by atoms with Crippen molar-refractivity contribution in [3.63, 3.8) is 0 Å². The minimum atomic E-state index is -0.170. The molecule has 0 fully saturated rings. The van der Waals surface area contributed by atoms with Crippen LogP contribution in [-0.4, -0.2) is 10.9 Å². The van der Waals surface area contributed by atoms with Gasteiger partial charge in [0.15, 0.2) is 5.78 Å². The highest BCUT2D eigenvalue weighted by atomic mass is 79.9. The number of carbonyl (C=O) groups is 1. The standard InChI is InChI=1S/C9H6BrNO2/c1-5(12)7-3-9(13)6(4-11)2-8(7)10/h2-3,13H,1H3. The van der Waals surface area contributed by atoms with Crippen LogP contribution in [0.3, 0.4) is 0 Å². The normalized spacial score (nSPS) is 9.31. The summed E-state index contributed by atoms with van der Waals surface area (Å²) in [7, 11) is 0. The third-order valence-corrected chi connectivity index (χ3v) is 2.24. The van der Waals surface area contributed by atoms with Gasteiger partial charge in [-0.1, -0.05) is 0 Å². The van der Waals surface area contributed by atoms with E-state index in [2.05, 4.69) is 15.9 Å². The fourth-order valence-corrected chi connectivity index (χ4v) is 1.54. The topological polar surface area (TPSA) is 61.1 Å². The summed E-state index contributed by atoms with van der Waals surface area (Å²) in [5.74, 6) is -0.331. The summed E-state index contributed by atoms with van der Waals surface area (Å²) < 4.78 is 0.523. The minimum absolute atomic E-state index is 0.150. The molecule has 0 bridgehead atoms. The maximum absolute atomic E-state index is 11.0. The monoisotopic (exact) mass is 239 g/mol. The smallest absolute Gasteiger partial charge is 0.161 e. The van der Waals surface area contributed by atoms with Gasteiger partial charge >= 0.3 is 0 Å². The second kappa shape index (κ2) is 3.58. The van der Waals surface area contributed by atoms with E-state index < -0.39 is 0 Å². The van der Waals surface area contributed by atoms with Crippen LogP contribution in [-0.2, 0) is 0 Å². The summed E-state index contributed by atoms with van der Waals surface area (Å²) in [6, 6.07) is 4.52. The van der Waals surface area contributed by atoms with Crippen LogP contribution in [0.2, 0.25) is 0 Å². The van der Waals surface area contributed by atoms with Gasteiger partial charge in [-0.25, -0.2) is 0 Å². The van der Waals surface area contributed by atoms with E-state index in [0.717, 1.165) is 0 Å². The zero-order valence-corrected chi connectivity index (χ0v) is 8.42. The number of halogens is 1. The molecule has 0 aliphatic rings. The van der Waals surface area contributed by atoms with Crippen molar-refractivity contribution < 1.29 is 9.90 Å². The second-order valence-corrected chi connectivity index (χ2v) is 3.37. The molecular weight excluding hydrogens is 234 g/mol. The largest absolute Gasteiger partial charge is 0.507 e. The molecule has 0 spiro atoms. The number of phenols is 1. The summed E-state index contributed by atoms with van der Waals surface area (Å²) in [5, 5.41) is 17.8. The number of nitriles is 1. The van der Waals surface area contributed by atoms with E-state index in [4.69, 9.17) is 5.26 Å². The van der Waals surface area contributed by atoms with E-state index >= 15 is 0 Å². The zero-order chi connectivity index (χ0) is 10.0. The molecule has 66 valence electrons. The minimum Gasteiger partial charge on any atom is -0.507 e. The molecule has 0 aliphatic heterocycles. The van der Waals surface area contributed by atoms with Crippen LogP contribution in [0, 0.1) is 11.3 Å². The Balaban J connectivity index is 3.39. The Morgan fingerprint density at radius 1 is 1.62 bits per heavy atom. The van der Waals surface area contributed by atoms with Gasteiger partial charge in [0, 0.05) is 10.0 Å². The first kappa shape index (κ1) is 9.75. The zero-order valence-electron chi connectivity index (χ0n) is 6.84. The van der Waals surface area contributed by atoms with Gasteiger partial charge in [0.2, 0.25) is 0 Å². The first-order chi connectivity index (χ1) is 6.06. The van der Waals surface area contributed by atoms with Crippen LogP contribution < -0.4 is 0 Å². The van der Waals surface area contributed by atoms with Crippen LogP contribution in [0.5, 0.6) is 5.75 Å². The van der Waals surface area contributed by atoms with Crippen molar-refractivity contribution in [2.45, 2.75) is 6.92 Å². The molecule has 0 aliphatic carbocycles. The molecule has 1 aromatic carbocycles. The maximum atomic E-state index is 11.0. The predicted octanol–water partition coefficient (Wildman–Crippen LogP) is 2.23. The molecule has 0 aromatic heterocycles. The Morgan fingerprint density at radius 2 is 2.23 bits per heavy atom. The third kappa shape index (κ3) is 1.87. The molecular formula is C9H6BrNO2. The van der Waals surface area contributed by atoms with Crippen molar-refractivity contribution in [3.8, 4) is 11.8 Å². The lowest BCUT2D eigenvalue weighted by molar-refractivity contribution is 0.101. The van der Waals surface area contributed by atoms with Gasteiger partial charge < -0.3 is 5.11 Å². The number of rotatable bonds is 1. The van der Waals surface area contributed by atoms with Crippen LogP contribution >= 0.6 is 15.9 Å². The number of Topliss-reactive ketones (excluding diaryl/α,β-unsaturated/α-hetero) is 1. The fourth-order valence-electron chi connectivity index (χ4n) is 0.921. The van der Waals surface area contributed by atoms with Crippen LogP contribution in [0.25, 0.3) is 0 Å². The molecule has 0 saturated heterocycles. The van der Waals surface area contributed by atoms with Crippen molar-refractivity contribution >= 4 is 21.7 Å². The lowest BCUT2D eigenvalue weighted by atomic mass is 10.1. The summed E-state index contributed by atoms with van der Waals surface area (Å²) in [5.41, 5.74) is 0.522. The Bertz CT molecular complexity index is 407. The molecule has 1 N–H and O–H groups in total. The van der Waals surface area contributed by atoms with Crippen molar-refractivity contribution in [3.05, 3.63) is 27.7 Å². The van der Waals surface area contributed by atoms with E-state index in [1.807, 2.05) is 6.07 Å². The Labute approximate surface area is 83.7 Å². The number of hydrogen-bond acceptors (Lipinski definition) is 3. The molecule has 0 saturated carbocycles. The van der Waals surface area contributed by atoms with Crippen molar-refractivity contribution in [2.75, 3.05) is 0 Å². The number of phenolic OH excluding ortho intramolecular Hbond substituents is 1.